The third-order valence-electron chi connectivity index (χ3n) is 2.07. The van der Waals surface area contributed by atoms with Crippen molar-refractivity contribution < 1.29 is 15.2 Å². The van der Waals surface area contributed by atoms with Crippen molar-refractivity contribution >= 4 is 17.2 Å². The van der Waals surface area contributed by atoms with Crippen LogP contribution in [0.1, 0.15) is 28.9 Å². The fraction of sp³-hybridized carbons (Fsp3) is 0.500. The van der Waals surface area contributed by atoms with E-state index in [0.717, 1.165) is 17.7 Å². The third-order valence-corrected chi connectivity index (χ3v) is 2.93. The van der Waals surface area contributed by atoms with Crippen molar-refractivity contribution in [3.05, 3.63) is 22.4 Å². The number of hydrogen-bond acceptors (Lipinski definition) is 5. The fourth-order valence-corrected chi connectivity index (χ4v) is 1.89. The van der Waals surface area contributed by atoms with E-state index in [9.17, 15) is 4.79 Å². The van der Waals surface area contributed by atoms with Crippen molar-refractivity contribution in [2.75, 3.05) is 13.1 Å². The van der Waals surface area contributed by atoms with Crippen LogP contribution in [0.5, 0.6) is 0 Å². The van der Waals surface area contributed by atoms with Gasteiger partial charge in [0.05, 0.1) is 11.4 Å². The van der Waals surface area contributed by atoms with Crippen LogP contribution in [-0.4, -0.2) is 34.6 Å². The van der Waals surface area contributed by atoms with Gasteiger partial charge in [-0.3, -0.25) is 15.2 Å². The standard InChI is InChI=1S/C10H16N2O3S/c13-10(9-5-4-8-16-9)11-6-2-1-3-7-12(14)15/h4-5,8,14-15H,1-3,6-7H2,(H,11,13). The van der Waals surface area contributed by atoms with Gasteiger partial charge in [-0.25, -0.2) is 0 Å². The Balaban J connectivity index is 2.01. The topological polar surface area (TPSA) is 72.8 Å². The zero-order valence-electron chi connectivity index (χ0n) is 8.93. The van der Waals surface area contributed by atoms with E-state index in [-0.39, 0.29) is 17.7 Å². The summed E-state index contributed by atoms with van der Waals surface area (Å²) in [5.74, 6) is -0.0408. The number of hydrogen-bond donors (Lipinski definition) is 3. The van der Waals surface area contributed by atoms with Gasteiger partial charge >= 0.3 is 0 Å². The van der Waals surface area contributed by atoms with Crippen LogP contribution in [0.4, 0.5) is 0 Å². The molecule has 5 nitrogen and oxygen atoms in total. The van der Waals surface area contributed by atoms with E-state index in [1.54, 1.807) is 6.07 Å². The van der Waals surface area contributed by atoms with Gasteiger partial charge in [-0.15, -0.1) is 11.3 Å². The Labute approximate surface area is 98.2 Å². The molecule has 1 rings (SSSR count). The highest BCUT2D eigenvalue weighted by molar-refractivity contribution is 7.12. The highest BCUT2D eigenvalue weighted by Gasteiger charge is 2.04. The van der Waals surface area contributed by atoms with Crippen LogP contribution in [-0.2, 0) is 0 Å². The van der Waals surface area contributed by atoms with E-state index in [4.69, 9.17) is 10.4 Å². The highest BCUT2D eigenvalue weighted by Crippen LogP contribution is 2.07. The van der Waals surface area contributed by atoms with Gasteiger partial charge in [0.1, 0.15) is 0 Å². The third kappa shape index (κ3) is 5.22. The van der Waals surface area contributed by atoms with E-state index in [1.807, 2.05) is 11.4 Å². The Hall–Kier alpha value is -0.950. The van der Waals surface area contributed by atoms with Crippen LogP contribution < -0.4 is 5.32 Å². The van der Waals surface area contributed by atoms with Crippen molar-refractivity contribution in [3.8, 4) is 0 Å². The maximum absolute atomic E-state index is 11.5. The Morgan fingerprint density at radius 3 is 2.81 bits per heavy atom. The number of thiophene rings is 1. The van der Waals surface area contributed by atoms with E-state index in [2.05, 4.69) is 5.32 Å². The lowest BCUT2D eigenvalue weighted by atomic mass is 10.2. The minimum Gasteiger partial charge on any atom is -0.351 e. The number of carbonyl (C=O) groups excluding carboxylic acids is 1. The summed E-state index contributed by atoms with van der Waals surface area (Å²) in [4.78, 5) is 12.2. The molecule has 0 radical (unpaired) electrons. The SMILES string of the molecule is O=C(NCCCCCN(O)O)c1cccs1. The number of carbonyl (C=O) groups is 1. The lowest BCUT2D eigenvalue weighted by Crippen LogP contribution is -2.23. The number of amides is 1. The normalized spacial score (nSPS) is 10.7. The predicted octanol–water partition coefficient (Wildman–Crippen LogP) is 1.73. The lowest BCUT2D eigenvalue weighted by molar-refractivity contribution is -0.306. The molecule has 1 aromatic rings. The molecule has 1 aromatic heterocycles. The smallest absolute Gasteiger partial charge is 0.261 e. The first-order valence-corrected chi connectivity index (χ1v) is 6.05. The molecule has 0 saturated heterocycles. The molecular weight excluding hydrogens is 228 g/mol. The zero-order chi connectivity index (χ0) is 11.8. The van der Waals surface area contributed by atoms with Crippen molar-refractivity contribution in [1.29, 1.82) is 0 Å². The molecule has 0 aromatic carbocycles. The van der Waals surface area contributed by atoms with Gasteiger partial charge in [0, 0.05) is 6.54 Å². The molecule has 0 fully saturated rings. The summed E-state index contributed by atoms with van der Waals surface area (Å²) < 4.78 is 0. The number of rotatable bonds is 7. The van der Waals surface area contributed by atoms with Crippen LogP contribution in [0.25, 0.3) is 0 Å². The largest absolute Gasteiger partial charge is 0.351 e. The van der Waals surface area contributed by atoms with E-state index < -0.39 is 0 Å². The summed E-state index contributed by atoms with van der Waals surface area (Å²) in [6.45, 7) is 0.854. The van der Waals surface area contributed by atoms with Crippen molar-refractivity contribution in [2.24, 2.45) is 0 Å². The molecule has 0 bridgehead atoms. The minimum absolute atomic E-state index is 0.0408. The van der Waals surface area contributed by atoms with Crippen LogP contribution in [0.3, 0.4) is 0 Å². The summed E-state index contributed by atoms with van der Waals surface area (Å²) in [7, 11) is 0. The highest BCUT2D eigenvalue weighted by atomic mass is 32.1. The molecule has 90 valence electrons. The second-order valence-corrected chi connectivity index (χ2v) is 4.34. The van der Waals surface area contributed by atoms with Gasteiger partial charge < -0.3 is 5.32 Å². The lowest BCUT2D eigenvalue weighted by Gasteiger charge is -2.06. The second kappa shape index (κ2) is 7.34. The maximum atomic E-state index is 11.5. The minimum atomic E-state index is -0.0408. The maximum Gasteiger partial charge on any atom is 0.261 e. The molecular formula is C10H16N2O3S. The average Bonchev–Trinajstić information content (AvgIpc) is 2.75. The molecule has 0 saturated carbocycles. The first-order valence-electron chi connectivity index (χ1n) is 5.17. The van der Waals surface area contributed by atoms with Crippen molar-refractivity contribution in [1.82, 2.24) is 10.5 Å². The predicted molar refractivity (Wildman–Crippen MR) is 60.8 cm³/mol. The molecule has 6 heteroatoms. The molecule has 0 aliphatic carbocycles. The molecule has 16 heavy (non-hydrogen) atoms. The molecule has 0 aliphatic heterocycles. The Morgan fingerprint density at radius 2 is 2.19 bits per heavy atom. The van der Waals surface area contributed by atoms with E-state index >= 15 is 0 Å². The van der Waals surface area contributed by atoms with Gasteiger partial charge in [0.2, 0.25) is 0 Å². The molecule has 1 amide bonds. The monoisotopic (exact) mass is 244 g/mol. The summed E-state index contributed by atoms with van der Waals surface area (Å²) in [6.07, 6.45) is 2.38. The molecule has 3 N–H and O–H groups in total. The molecule has 1 heterocycles. The first kappa shape index (κ1) is 13.1. The number of nitrogens with zero attached hydrogens (tertiary/aromatic N) is 1. The summed E-state index contributed by atoms with van der Waals surface area (Å²) in [5, 5.41) is 21.7. The van der Waals surface area contributed by atoms with Gasteiger partial charge in [-0.1, -0.05) is 17.7 Å². The van der Waals surface area contributed by atoms with Crippen LogP contribution in [0, 0.1) is 0 Å². The van der Waals surface area contributed by atoms with Gasteiger partial charge in [0.15, 0.2) is 0 Å². The van der Waals surface area contributed by atoms with Crippen LogP contribution in [0.15, 0.2) is 17.5 Å². The van der Waals surface area contributed by atoms with Crippen molar-refractivity contribution in [3.63, 3.8) is 0 Å². The molecule has 0 aliphatic rings. The Kier molecular flexibility index (Phi) is 6.02. The van der Waals surface area contributed by atoms with Crippen molar-refractivity contribution in [2.45, 2.75) is 19.3 Å². The van der Waals surface area contributed by atoms with Crippen LogP contribution >= 0.6 is 11.3 Å². The average molecular weight is 244 g/mol. The second-order valence-electron chi connectivity index (χ2n) is 3.39. The zero-order valence-corrected chi connectivity index (χ0v) is 9.74. The first-order chi connectivity index (χ1) is 7.70. The van der Waals surface area contributed by atoms with Gasteiger partial charge in [-0.05, 0) is 24.3 Å². The summed E-state index contributed by atoms with van der Waals surface area (Å²) in [5.41, 5.74) is 0. The Morgan fingerprint density at radius 1 is 1.38 bits per heavy atom. The summed E-state index contributed by atoms with van der Waals surface area (Å²) in [6, 6.07) is 3.63. The fourth-order valence-electron chi connectivity index (χ4n) is 1.25. The van der Waals surface area contributed by atoms with Crippen LogP contribution in [0.2, 0.25) is 0 Å². The van der Waals surface area contributed by atoms with Gasteiger partial charge in [-0.2, -0.15) is 0 Å². The van der Waals surface area contributed by atoms with E-state index in [1.165, 1.54) is 11.3 Å². The molecule has 0 unspecified atom stereocenters. The quantitative estimate of drug-likeness (QED) is 0.504. The van der Waals surface area contributed by atoms with Gasteiger partial charge in [0.25, 0.3) is 5.91 Å². The summed E-state index contributed by atoms with van der Waals surface area (Å²) >= 11 is 1.42. The number of nitrogens with one attached hydrogen (secondary N) is 1. The number of unbranched alkanes of at least 4 members (excludes halogenated alkanes) is 2. The Bertz CT molecular complexity index is 301. The molecule has 0 atom stereocenters. The van der Waals surface area contributed by atoms with E-state index in [0.29, 0.717) is 13.0 Å². The molecule has 0 spiro atoms. The number of hydroxylamine groups is 2.